The van der Waals surface area contributed by atoms with Crippen molar-refractivity contribution in [2.75, 3.05) is 0 Å². The van der Waals surface area contributed by atoms with E-state index in [1.807, 2.05) is 6.07 Å². The van der Waals surface area contributed by atoms with E-state index < -0.39 is 5.25 Å². The minimum atomic E-state index is -0.414. The molecule has 2 fully saturated rings. The van der Waals surface area contributed by atoms with E-state index in [9.17, 15) is 19.2 Å². The van der Waals surface area contributed by atoms with E-state index in [-0.39, 0.29) is 29.0 Å². The van der Waals surface area contributed by atoms with Gasteiger partial charge in [-0.1, -0.05) is 43.2 Å². The van der Waals surface area contributed by atoms with Crippen LogP contribution in [0.15, 0.2) is 34.9 Å². The van der Waals surface area contributed by atoms with Crippen LogP contribution in [0.2, 0.25) is 0 Å². The second kappa shape index (κ2) is 7.83. The fraction of sp³-hybridized carbons (Fsp3) is 0.421. The molecule has 4 nitrogen and oxygen atoms in total. The van der Waals surface area contributed by atoms with E-state index in [1.165, 1.54) is 23.9 Å². The van der Waals surface area contributed by atoms with Crippen LogP contribution in [0.3, 0.4) is 0 Å². The normalized spacial score (nSPS) is 23.0. The van der Waals surface area contributed by atoms with Crippen molar-refractivity contribution in [2.24, 2.45) is 5.92 Å². The fourth-order valence-corrected chi connectivity index (χ4v) is 4.44. The van der Waals surface area contributed by atoms with Crippen molar-refractivity contribution in [1.82, 2.24) is 5.32 Å². The van der Waals surface area contributed by atoms with Crippen LogP contribution in [0.1, 0.15) is 37.7 Å². The molecule has 1 aromatic carbocycles. The lowest BCUT2D eigenvalue weighted by Crippen LogP contribution is -2.25. The lowest BCUT2D eigenvalue weighted by molar-refractivity contribution is -0.119. The van der Waals surface area contributed by atoms with Gasteiger partial charge >= 0.3 is 0 Å². The maximum atomic E-state index is 13.0. The van der Waals surface area contributed by atoms with Crippen molar-refractivity contribution in [2.45, 2.75) is 43.8 Å². The number of hydrogen-bond acceptors (Lipinski definition) is 4. The molecular formula is C19H19FN2O2S. The minimum absolute atomic E-state index is 0.0758. The summed E-state index contributed by atoms with van der Waals surface area (Å²) in [6, 6.07) is 8.00. The Balaban J connectivity index is 1.74. The summed E-state index contributed by atoms with van der Waals surface area (Å²) in [4.78, 5) is 24.9. The topological polar surface area (TPSA) is 70.0 Å². The fourth-order valence-electron chi connectivity index (χ4n) is 3.29. The molecule has 1 heterocycles. The Hall–Kier alpha value is -2.13. The van der Waals surface area contributed by atoms with Gasteiger partial charge in [0.05, 0.1) is 10.3 Å². The SMILES string of the molecule is N#C/C(C(=O)C1CCCCC1)=C1/NC(=O)[C@@H](Cc2ccc(F)cc2)S1. The average Bonchev–Trinajstić information content (AvgIpc) is 2.98. The third-order valence-electron chi connectivity index (χ3n) is 4.68. The molecule has 1 N–H and O–H groups in total. The Morgan fingerprint density at radius 2 is 1.92 bits per heavy atom. The Kier molecular flexibility index (Phi) is 5.54. The second-order valence-electron chi connectivity index (χ2n) is 6.44. The van der Waals surface area contributed by atoms with Crippen LogP contribution in [0, 0.1) is 23.1 Å². The molecule has 0 bridgehead atoms. The van der Waals surface area contributed by atoms with E-state index in [4.69, 9.17) is 0 Å². The first-order valence-corrected chi connectivity index (χ1v) is 9.37. The first-order chi connectivity index (χ1) is 12.1. The Bertz CT molecular complexity index is 746. The zero-order valence-electron chi connectivity index (χ0n) is 13.8. The molecular weight excluding hydrogens is 339 g/mol. The van der Waals surface area contributed by atoms with Gasteiger partial charge in [0.25, 0.3) is 0 Å². The maximum Gasteiger partial charge on any atom is 0.238 e. The number of nitrogens with one attached hydrogen (secondary N) is 1. The monoisotopic (exact) mass is 358 g/mol. The third-order valence-corrected chi connectivity index (χ3v) is 5.89. The molecule has 1 atom stereocenters. The van der Waals surface area contributed by atoms with Gasteiger partial charge in [0.1, 0.15) is 17.5 Å². The highest BCUT2D eigenvalue weighted by atomic mass is 32.2. The number of benzene rings is 1. The predicted molar refractivity (Wildman–Crippen MR) is 93.8 cm³/mol. The number of halogens is 1. The number of carbonyl (C=O) groups excluding carboxylic acids is 2. The second-order valence-corrected chi connectivity index (χ2v) is 7.65. The van der Waals surface area contributed by atoms with Crippen LogP contribution in [-0.4, -0.2) is 16.9 Å². The number of Topliss-reactive ketones (excluding diaryl/α,β-unsaturated/α-hetero) is 1. The number of amides is 1. The van der Waals surface area contributed by atoms with Crippen LogP contribution in [0.5, 0.6) is 0 Å². The number of nitriles is 1. The van der Waals surface area contributed by atoms with Crippen molar-refractivity contribution >= 4 is 23.5 Å². The van der Waals surface area contributed by atoms with Gasteiger partial charge in [-0.3, -0.25) is 9.59 Å². The predicted octanol–water partition coefficient (Wildman–Crippen LogP) is 3.48. The van der Waals surface area contributed by atoms with Gasteiger partial charge in [0, 0.05) is 5.92 Å². The molecule has 25 heavy (non-hydrogen) atoms. The number of nitrogens with zero attached hydrogens (tertiary/aromatic N) is 1. The first-order valence-electron chi connectivity index (χ1n) is 8.49. The van der Waals surface area contributed by atoms with Crippen molar-refractivity contribution in [3.63, 3.8) is 0 Å². The Morgan fingerprint density at radius 1 is 1.24 bits per heavy atom. The van der Waals surface area contributed by atoms with Gasteiger partial charge < -0.3 is 5.32 Å². The lowest BCUT2D eigenvalue weighted by atomic mass is 9.84. The van der Waals surface area contributed by atoms with Gasteiger partial charge in [-0.2, -0.15) is 5.26 Å². The number of rotatable bonds is 4. The summed E-state index contributed by atoms with van der Waals surface area (Å²) >= 11 is 1.22. The maximum absolute atomic E-state index is 13.0. The van der Waals surface area contributed by atoms with Crippen molar-refractivity contribution in [3.05, 3.63) is 46.2 Å². The molecule has 0 aromatic heterocycles. The highest BCUT2D eigenvalue weighted by Crippen LogP contribution is 2.34. The summed E-state index contributed by atoms with van der Waals surface area (Å²) < 4.78 is 13.0. The molecule has 2 aliphatic rings. The Labute approximate surface area is 150 Å². The zero-order chi connectivity index (χ0) is 17.8. The quantitative estimate of drug-likeness (QED) is 0.661. The van der Waals surface area contributed by atoms with Crippen LogP contribution in [0.25, 0.3) is 0 Å². The zero-order valence-corrected chi connectivity index (χ0v) is 14.6. The molecule has 1 saturated heterocycles. The van der Waals surface area contributed by atoms with E-state index >= 15 is 0 Å². The average molecular weight is 358 g/mol. The number of carbonyl (C=O) groups is 2. The molecule has 6 heteroatoms. The van der Waals surface area contributed by atoms with E-state index in [0.717, 1.165) is 37.7 Å². The van der Waals surface area contributed by atoms with Crippen molar-refractivity contribution < 1.29 is 14.0 Å². The Morgan fingerprint density at radius 3 is 2.56 bits per heavy atom. The highest BCUT2D eigenvalue weighted by Gasteiger charge is 2.34. The number of hydrogen-bond donors (Lipinski definition) is 1. The van der Waals surface area contributed by atoms with Gasteiger partial charge in [0.15, 0.2) is 5.78 Å². The highest BCUT2D eigenvalue weighted by molar-refractivity contribution is 8.04. The molecule has 1 saturated carbocycles. The summed E-state index contributed by atoms with van der Waals surface area (Å²) in [5, 5.41) is 12.1. The molecule has 0 unspecified atom stereocenters. The summed E-state index contributed by atoms with van der Waals surface area (Å²) in [6.45, 7) is 0. The van der Waals surface area contributed by atoms with Gasteiger partial charge in [-0.05, 0) is 37.0 Å². The van der Waals surface area contributed by atoms with E-state index in [0.29, 0.717) is 11.4 Å². The van der Waals surface area contributed by atoms with Gasteiger partial charge in [-0.25, -0.2) is 4.39 Å². The van der Waals surface area contributed by atoms with Crippen molar-refractivity contribution in [3.8, 4) is 6.07 Å². The summed E-state index contributed by atoms with van der Waals surface area (Å²) in [5.41, 5.74) is 0.916. The summed E-state index contributed by atoms with van der Waals surface area (Å²) in [6.07, 6.45) is 5.21. The molecule has 130 valence electrons. The minimum Gasteiger partial charge on any atom is -0.318 e. The molecule has 1 amide bonds. The summed E-state index contributed by atoms with van der Waals surface area (Å²) in [5.74, 6) is -0.789. The van der Waals surface area contributed by atoms with Gasteiger partial charge in [-0.15, -0.1) is 0 Å². The molecule has 1 aliphatic heterocycles. The van der Waals surface area contributed by atoms with Crippen LogP contribution < -0.4 is 5.32 Å². The smallest absolute Gasteiger partial charge is 0.238 e. The van der Waals surface area contributed by atoms with Crippen LogP contribution in [0.4, 0.5) is 4.39 Å². The number of thioether (sulfide) groups is 1. The lowest BCUT2D eigenvalue weighted by Gasteiger charge is -2.20. The first kappa shape index (κ1) is 17.7. The molecule has 3 rings (SSSR count). The number of allylic oxidation sites excluding steroid dienone is 1. The van der Waals surface area contributed by atoms with Crippen LogP contribution in [-0.2, 0) is 16.0 Å². The molecule has 0 radical (unpaired) electrons. The van der Waals surface area contributed by atoms with Crippen molar-refractivity contribution in [1.29, 1.82) is 5.26 Å². The largest absolute Gasteiger partial charge is 0.318 e. The number of ketones is 1. The molecule has 1 aromatic rings. The van der Waals surface area contributed by atoms with Crippen LogP contribution >= 0.6 is 11.8 Å². The van der Waals surface area contributed by atoms with E-state index in [1.54, 1.807) is 12.1 Å². The van der Waals surface area contributed by atoms with Gasteiger partial charge in [0.2, 0.25) is 5.91 Å². The summed E-state index contributed by atoms with van der Waals surface area (Å²) in [7, 11) is 0. The third kappa shape index (κ3) is 4.10. The van der Waals surface area contributed by atoms with E-state index in [2.05, 4.69) is 5.32 Å². The molecule has 0 spiro atoms. The standard InChI is InChI=1S/C19H19FN2O2S/c20-14-8-6-12(7-9-14)10-16-18(24)22-19(25-16)15(11-21)17(23)13-4-2-1-3-5-13/h6-9,13,16H,1-5,10H2,(H,22,24)/b19-15+/t16-/m1/s1. The molecule has 1 aliphatic carbocycles.